The standard InChI is InChI=1S/C15H13ClF2N2O2/c16-12-13(15(21)19-9-3-1-2-4-9)20-22-14(12)8-5-6-10(17)11(18)7-8/h5-7,9H,1-4H2,(H,19,21). The van der Waals surface area contributed by atoms with Crippen LogP contribution >= 0.6 is 11.6 Å². The summed E-state index contributed by atoms with van der Waals surface area (Å²) in [4.78, 5) is 12.1. The zero-order valence-corrected chi connectivity index (χ0v) is 12.3. The highest BCUT2D eigenvalue weighted by atomic mass is 35.5. The third kappa shape index (κ3) is 2.83. The van der Waals surface area contributed by atoms with E-state index in [2.05, 4.69) is 10.5 Å². The highest BCUT2D eigenvalue weighted by molar-refractivity contribution is 6.35. The third-order valence-electron chi connectivity index (χ3n) is 3.72. The fourth-order valence-electron chi connectivity index (χ4n) is 2.56. The number of carbonyl (C=O) groups excluding carboxylic acids is 1. The van der Waals surface area contributed by atoms with E-state index in [0.29, 0.717) is 0 Å². The molecule has 0 bridgehead atoms. The van der Waals surface area contributed by atoms with Crippen molar-refractivity contribution in [1.82, 2.24) is 10.5 Å². The molecule has 1 aromatic carbocycles. The Morgan fingerprint density at radius 3 is 2.68 bits per heavy atom. The minimum Gasteiger partial charge on any atom is -0.354 e. The number of hydrogen-bond donors (Lipinski definition) is 1. The fraction of sp³-hybridized carbons (Fsp3) is 0.333. The lowest BCUT2D eigenvalue weighted by atomic mass is 10.1. The van der Waals surface area contributed by atoms with Gasteiger partial charge >= 0.3 is 0 Å². The summed E-state index contributed by atoms with van der Waals surface area (Å²) in [6.45, 7) is 0. The molecular formula is C15H13ClF2N2O2. The maximum absolute atomic E-state index is 13.3. The molecule has 7 heteroatoms. The van der Waals surface area contributed by atoms with E-state index in [1.807, 2.05) is 0 Å². The van der Waals surface area contributed by atoms with Crippen molar-refractivity contribution in [2.24, 2.45) is 0 Å². The fourth-order valence-corrected chi connectivity index (χ4v) is 2.82. The van der Waals surface area contributed by atoms with Crippen LogP contribution in [-0.4, -0.2) is 17.1 Å². The van der Waals surface area contributed by atoms with Crippen LogP contribution in [0.2, 0.25) is 5.02 Å². The Hall–Kier alpha value is -1.95. The normalized spacial score (nSPS) is 15.2. The van der Waals surface area contributed by atoms with Gasteiger partial charge in [-0.15, -0.1) is 0 Å². The van der Waals surface area contributed by atoms with Crippen molar-refractivity contribution in [3.63, 3.8) is 0 Å². The summed E-state index contributed by atoms with van der Waals surface area (Å²) in [5.41, 5.74) is 0.171. The molecule has 1 saturated carbocycles. The molecule has 1 aliphatic rings. The Bertz CT molecular complexity index is 712. The maximum Gasteiger partial charge on any atom is 0.275 e. The molecule has 3 rings (SSSR count). The van der Waals surface area contributed by atoms with Gasteiger partial charge < -0.3 is 9.84 Å². The first-order valence-corrected chi connectivity index (χ1v) is 7.35. The van der Waals surface area contributed by atoms with Gasteiger partial charge in [-0.2, -0.15) is 0 Å². The molecule has 0 atom stereocenters. The van der Waals surface area contributed by atoms with Crippen LogP contribution in [0.25, 0.3) is 11.3 Å². The SMILES string of the molecule is O=C(NC1CCCC1)c1noc(-c2ccc(F)c(F)c2)c1Cl. The summed E-state index contributed by atoms with van der Waals surface area (Å²) in [7, 11) is 0. The van der Waals surface area contributed by atoms with Crippen molar-refractivity contribution in [2.45, 2.75) is 31.7 Å². The van der Waals surface area contributed by atoms with Gasteiger partial charge in [-0.05, 0) is 31.0 Å². The van der Waals surface area contributed by atoms with E-state index in [9.17, 15) is 13.6 Å². The van der Waals surface area contributed by atoms with Gasteiger partial charge in [-0.25, -0.2) is 8.78 Å². The number of carbonyl (C=O) groups is 1. The van der Waals surface area contributed by atoms with Crippen LogP contribution in [0, 0.1) is 11.6 Å². The predicted octanol–water partition coefficient (Wildman–Crippen LogP) is 3.95. The molecular weight excluding hydrogens is 314 g/mol. The lowest BCUT2D eigenvalue weighted by Crippen LogP contribution is -2.32. The number of halogens is 3. The summed E-state index contributed by atoms with van der Waals surface area (Å²) in [6, 6.07) is 3.33. The molecule has 116 valence electrons. The van der Waals surface area contributed by atoms with Crippen LogP contribution in [0.3, 0.4) is 0 Å². The highest BCUT2D eigenvalue weighted by Gasteiger charge is 2.25. The number of nitrogens with zero attached hydrogens (tertiary/aromatic N) is 1. The quantitative estimate of drug-likeness (QED) is 0.929. The lowest BCUT2D eigenvalue weighted by molar-refractivity contribution is 0.0929. The van der Waals surface area contributed by atoms with Crippen LogP contribution in [0.4, 0.5) is 8.78 Å². The molecule has 1 heterocycles. The number of aromatic nitrogens is 1. The molecule has 0 unspecified atom stereocenters. The third-order valence-corrected chi connectivity index (χ3v) is 4.07. The Labute approximate surface area is 130 Å². The van der Waals surface area contributed by atoms with Crippen molar-refractivity contribution >= 4 is 17.5 Å². The first-order valence-electron chi connectivity index (χ1n) is 6.97. The zero-order valence-electron chi connectivity index (χ0n) is 11.5. The molecule has 0 saturated heterocycles. The number of amides is 1. The molecule has 2 aromatic rings. The first kappa shape index (κ1) is 15.0. The second-order valence-corrected chi connectivity index (χ2v) is 5.64. The van der Waals surface area contributed by atoms with E-state index in [1.165, 1.54) is 6.07 Å². The summed E-state index contributed by atoms with van der Waals surface area (Å²) in [6.07, 6.45) is 4.02. The Balaban J connectivity index is 1.84. The van der Waals surface area contributed by atoms with E-state index >= 15 is 0 Å². The van der Waals surface area contributed by atoms with Gasteiger partial charge in [0.25, 0.3) is 5.91 Å². The van der Waals surface area contributed by atoms with E-state index in [1.54, 1.807) is 0 Å². The van der Waals surface area contributed by atoms with Crippen molar-refractivity contribution in [2.75, 3.05) is 0 Å². The Morgan fingerprint density at radius 2 is 2.00 bits per heavy atom. The van der Waals surface area contributed by atoms with Gasteiger partial charge in [0, 0.05) is 11.6 Å². The maximum atomic E-state index is 13.3. The zero-order chi connectivity index (χ0) is 15.7. The molecule has 0 radical (unpaired) electrons. The monoisotopic (exact) mass is 326 g/mol. The Morgan fingerprint density at radius 1 is 1.27 bits per heavy atom. The van der Waals surface area contributed by atoms with Crippen LogP contribution < -0.4 is 5.32 Å². The molecule has 0 aliphatic heterocycles. The molecule has 1 aromatic heterocycles. The van der Waals surface area contributed by atoms with Gasteiger partial charge in [0.1, 0.15) is 5.02 Å². The average molecular weight is 327 g/mol. The Kier molecular flexibility index (Phi) is 4.11. The van der Waals surface area contributed by atoms with Crippen LogP contribution in [0.15, 0.2) is 22.7 Å². The predicted molar refractivity (Wildman–Crippen MR) is 76.6 cm³/mol. The van der Waals surface area contributed by atoms with Gasteiger partial charge in [0.15, 0.2) is 23.1 Å². The second kappa shape index (κ2) is 6.04. The molecule has 22 heavy (non-hydrogen) atoms. The van der Waals surface area contributed by atoms with Crippen molar-refractivity contribution in [3.05, 3.63) is 40.6 Å². The molecule has 0 spiro atoms. The minimum atomic E-state index is -1.03. The summed E-state index contributed by atoms with van der Waals surface area (Å²) >= 11 is 6.10. The van der Waals surface area contributed by atoms with E-state index in [-0.39, 0.29) is 28.1 Å². The lowest BCUT2D eigenvalue weighted by Gasteiger charge is -2.09. The van der Waals surface area contributed by atoms with Crippen molar-refractivity contribution < 1.29 is 18.1 Å². The number of nitrogens with one attached hydrogen (secondary N) is 1. The smallest absolute Gasteiger partial charge is 0.275 e. The number of rotatable bonds is 3. The van der Waals surface area contributed by atoms with Gasteiger partial charge in [0.05, 0.1) is 0 Å². The number of benzene rings is 1. The summed E-state index contributed by atoms with van der Waals surface area (Å²) < 4.78 is 31.3. The topological polar surface area (TPSA) is 55.1 Å². The van der Waals surface area contributed by atoms with Gasteiger partial charge in [-0.1, -0.05) is 29.6 Å². The molecule has 1 N–H and O–H groups in total. The van der Waals surface area contributed by atoms with Crippen molar-refractivity contribution in [3.8, 4) is 11.3 Å². The summed E-state index contributed by atoms with van der Waals surface area (Å²) in [5, 5.41) is 6.48. The second-order valence-electron chi connectivity index (χ2n) is 5.26. The highest BCUT2D eigenvalue weighted by Crippen LogP contribution is 2.31. The largest absolute Gasteiger partial charge is 0.354 e. The molecule has 1 aliphatic carbocycles. The molecule has 1 amide bonds. The van der Waals surface area contributed by atoms with Crippen LogP contribution in [-0.2, 0) is 0 Å². The van der Waals surface area contributed by atoms with E-state index in [0.717, 1.165) is 37.8 Å². The minimum absolute atomic E-state index is 0.0125. The van der Waals surface area contributed by atoms with E-state index < -0.39 is 17.5 Å². The van der Waals surface area contributed by atoms with E-state index in [4.69, 9.17) is 16.1 Å². The van der Waals surface area contributed by atoms with Gasteiger partial charge in [-0.3, -0.25) is 4.79 Å². The van der Waals surface area contributed by atoms with Crippen molar-refractivity contribution in [1.29, 1.82) is 0 Å². The van der Waals surface area contributed by atoms with Crippen LogP contribution in [0.5, 0.6) is 0 Å². The number of hydrogen-bond acceptors (Lipinski definition) is 3. The average Bonchev–Trinajstić information content (AvgIpc) is 3.11. The summed E-state index contributed by atoms with van der Waals surface area (Å²) in [5.74, 6) is -2.38. The molecule has 4 nitrogen and oxygen atoms in total. The van der Waals surface area contributed by atoms with Gasteiger partial charge in [0.2, 0.25) is 0 Å². The molecule has 1 fully saturated rings. The van der Waals surface area contributed by atoms with Crippen LogP contribution in [0.1, 0.15) is 36.2 Å². The first-order chi connectivity index (χ1) is 10.6.